The van der Waals surface area contributed by atoms with Crippen LogP contribution in [0.25, 0.3) is 0 Å². The van der Waals surface area contributed by atoms with E-state index in [-0.39, 0.29) is 6.54 Å². The molecular weight excluding hydrogens is 235 g/mol. The third-order valence-electron chi connectivity index (χ3n) is 2.75. The van der Waals surface area contributed by atoms with Crippen molar-refractivity contribution < 1.29 is 23.1 Å². The van der Waals surface area contributed by atoms with E-state index in [0.29, 0.717) is 24.1 Å². The van der Waals surface area contributed by atoms with Crippen LogP contribution in [0.15, 0.2) is 18.2 Å². The quantitative estimate of drug-likeness (QED) is 0.698. The van der Waals surface area contributed by atoms with Gasteiger partial charge >= 0.3 is 6.18 Å². The Labute approximate surface area is 95.5 Å². The molecule has 0 unspecified atom stereocenters. The Morgan fingerprint density at radius 2 is 2.06 bits per heavy atom. The van der Waals surface area contributed by atoms with Crippen LogP contribution >= 0.6 is 0 Å². The van der Waals surface area contributed by atoms with Crippen molar-refractivity contribution in [2.45, 2.75) is 19.0 Å². The van der Waals surface area contributed by atoms with Crippen LogP contribution in [-0.4, -0.2) is 12.6 Å². The van der Waals surface area contributed by atoms with Crippen LogP contribution in [0.3, 0.4) is 0 Å². The number of carboxylic acid groups (broad SMARTS) is 1. The number of anilines is 1. The summed E-state index contributed by atoms with van der Waals surface area (Å²) in [7, 11) is 0. The summed E-state index contributed by atoms with van der Waals surface area (Å²) in [6.07, 6.45) is -4.84. The number of halogens is 3. The second kappa shape index (κ2) is 3.94. The van der Waals surface area contributed by atoms with Gasteiger partial charge in [0.05, 0.1) is 5.56 Å². The van der Waals surface area contributed by atoms with Crippen LogP contribution in [0.5, 0.6) is 0 Å². The Morgan fingerprint density at radius 1 is 1.35 bits per heavy atom. The average Bonchev–Trinajstić information content (AvgIpc) is 2.26. The molecule has 1 aliphatic rings. The lowest BCUT2D eigenvalue weighted by atomic mass is 9.99. The molecule has 0 saturated heterocycles. The molecule has 0 fully saturated rings. The maximum Gasteiger partial charge on any atom is 0.416 e. The number of amides is 1. The Hall–Kier alpha value is -1.72. The minimum Gasteiger partial charge on any atom is -0.530 e. The van der Waals surface area contributed by atoms with E-state index in [4.69, 9.17) is 0 Å². The van der Waals surface area contributed by atoms with E-state index >= 15 is 0 Å². The summed E-state index contributed by atoms with van der Waals surface area (Å²) in [6, 6.07) is 3.08. The summed E-state index contributed by atoms with van der Waals surface area (Å²) < 4.78 is 37.4. The molecule has 92 valence electrons. The van der Waals surface area contributed by atoms with Gasteiger partial charge in [-0.2, -0.15) is 13.2 Å². The molecule has 0 N–H and O–H groups in total. The monoisotopic (exact) mass is 244 g/mol. The zero-order valence-electron chi connectivity index (χ0n) is 8.75. The molecule has 3 nitrogen and oxygen atoms in total. The highest BCUT2D eigenvalue weighted by molar-refractivity contribution is 5.86. The number of fused-ring (bicyclic) bond motifs is 1. The third-order valence-corrected chi connectivity index (χ3v) is 2.75. The van der Waals surface area contributed by atoms with Crippen LogP contribution < -0.4 is 10.0 Å². The lowest BCUT2D eigenvalue weighted by Gasteiger charge is -2.31. The summed E-state index contributed by atoms with van der Waals surface area (Å²) in [5.74, 6) is 0. The van der Waals surface area contributed by atoms with E-state index in [2.05, 4.69) is 0 Å². The maximum atomic E-state index is 12.5. The zero-order valence-corrected chi connectivity index (χ0v) is 8.75. The van der Waals surface area contributed by atoms with Gasteiger partial charge in [0.25, 0.3) is 0 Å². The lowest BCUT2D eigenvalue weighted by Crippen LogP contribution is -2.44. The van der Waals surface area contributed by atoms with Gasteiger partial charge in [0.2, 0.25) is 0 Å². The summed E-state index contributed by atoms with van der Waals surface area (Å²) in [5, 5.41) is 10.8. The molecule has 1 heterocycles. The predicted octanol–water partition coefficient (Wildman–Crippen LogP) is 1.80. The minimum atomic E-state index is -4.40. The van der Waals surface area contributed by atoms with E-state index in [0.717, 1.165) is 17.0 Å². The van der Waals surface area contributed by atoms with E-state index in [1.165, 1.54) is 6.07 Å². The Balaban J connectivity index is 2.43. The molecule has 2 rings (SSSR count). The molecule has 0 spiro atoms. The molecule has 6 heteroatoms. The molecule has 17 heavy (non-hydrogen) atoms. The van der Waals surface area contributed by atoms with Crippen molar-refractivity contribution in [3.63, 3.8) is 0 Å². The number of rotatable bonds is 0. The van der Waals surface area contributed by atoms with Crippen molar-refractivity contribution in [1.29, 1.82) is 0 Å². The molecule has 0 bridgehead atoms. The van der Waals surface area contributed by atoms with Crippen LogP contribution in [-0.2, 0) is 12.6 Å². The van der Waals surface area contributed by atoms with Crippen molar-refractivity contribution in [1.82, 2.24) is 0 Å². The molecular formula is C11H9F3NO2-. The van der Waals surface area contributed by atoms with E-state index in [9.17, 15) is 23.1 Å². The number of hydrogen-bond acceptors (Lipinski definition) is 2. The minimum absolute atomic E-state index is 0.265. The molecule has 0 saturated carbocycles. The summed E-state index contributed by atoms with van der Waals surface area (Å²) in [5.41, 5.74) is -0.0593. The fourth-order valence-corrected chi connectivity index (χ4v) is 1.96. The maximum absolute atomic E-state index is 12.5. The Kier molecular flexibility index (Phi) is 2.73. The highest BCUT2D eigenvalue weighted by atomic mass is 19.4. The fourth-order valence-electron chi connectivity index (χ4n) is 1.96. The fraction of sp³-hybridized carbons (Fsp3) is 0.364. The molecule has 0 aromatic heterocycles. The van der Waals surface area contributed by atoms with Gasteiger partial charge in [-0.15, -0.1) is 0 Å². The van der Waals surface area contributed by atoms with Gasteiger partial charge in [0, 0.05) is 12.2 Å². The Bertz CT molecular complexity index is 457. The first-order chi connectivity index (χ1) is 7.89. The predicted molar refractivity (Wildman–Crippen MR) is 52.5 cm³/mol. The Morgan fingerprint density at radius 3 is 2.65 bits per heavy atom. The first-order valence-corrected chi connectivity index (χ1v) is 5.08. The number of alkyl halides is 3. The largest absolute Gasteiger partial charge is 0.530 e. The second-order valence-corrected chi connectivity index (χ2v) is 3.86. The smallest absolute Gasteiger partial charge is 0.416 e. The standard InChI is InChI=1S/C11H10F3NO2/c12-11(13,14)8-3-4-9-7(6-8)2-1-5-15(9)10(16)17/h3-4,6H,1-2,5H2,(H,16,17)/p-1. The first-order valence-electron chi connectivity index (χ1n) is 5.08. The molecule has 0 radical (unpaired) electrons. The highest BCUT2D eigenvalue weighted by Gasteiger charge is 2.31. The number of carbonyl (C=O) groups is 1. The number of hydrogen-bond donors (Lipinski definition) is 0. The van der Waals surface area contributed by atoms with Gasteiger partial charge in [-0.25, -0.2) is 0 Å². The summed E-state index contributed by atoms with van der Waals surface area (Å²) in [4.78, 5) is 11.8. The van der Waals surface area contributed by atoms with Gasteiger partial charge in [0.1, 0.15) is 6.09 Å². The van der Waals surface area contributed by atoms with Crippen LogP contribution in [0.2, 0.25) is 0 Å². The SMILES string of the molecule is O=C([O-])N1CCCc2cc(C(F)(F)F)ccc21. The lowest BCUT2D eigenvalue weighted by molar-refractivity contribution is -0.246. The molecule has 1 aliphatic heterocycles. The van der Waals surface area contributed by atoms with Crippen LogP contribution in [0, 0.1) is 0 Å². The normalized spacial score (nSPS) is 15.6. The van der Waals surface area contributed by atoms with Crippen molar-refractivity contribution in [3.05, 3.63) is 29.3 Å². The number of aryl methyl sites for hydroxylation is 1. The highest BCUT2D eigenvalue weighted by Crippen LogP contribution is 2.34. The number of nitrogens with zero attached hydrogens (tertiary/aromatic N) is 1. The van der Waals surface area contributed by atoms with Crippen LogP contribution in [0.1, 0.15) is 17.5 Å². The van der Waals surface area contributed by atoms with Crippen molar-refractivity contribution >= 4 is 11.8 Å². The van der Waals surface area contributed by atoms with Gasteiger partial charge in [-0.1, -0.05) is 0 Å². The second-order valence-electron chi connectivity index (χ2n) is 3.86. The van der Waals surface area contributed by atoms with Gasteiger partial charge in [0.15, 0.2) is 0 Å². The van der Waals surface area contributed by atoms with Gasteiger partial charge in [-0.05, 0) is 36.6 Å². The molecule has 1 amide bonds. The van der Waals surface area contributed by atoms with E-state index in [1.54, 1.807) is 0 Å². The summed E-state index contributed by atoms with van der Waals surface area (Å²) >= 11 is 0. The van der Waals surface area contributed by atoms with Gasteiger partial charge < -0.3 is 14.8 Å². The van der Waals surface area contributed by atoms with Crippen LogP contribution in [0.4, 0.5) is 23.7 Å². The number of carbonyl (C=O) groups excluding carboxylic acids is 1. The molecule has 0 atom stereocenters. The average molecular weight is 244 g/mol. The van der Waals surface area contributed by atoms with Crippen molar-refractivity contribution in [2.75, 3.05) is 11.4 Å². The van der Waals surface area contributed by atoms with E-state index in [1.807, 2.05) is 0 Å². The molecule has 1 aromatic carbocycles. The number of benzene rings is 1. The topological polar surface area (TPSA) is 43.4 Å². The van der Waals surface area contributed by atoms with Crippen molar-refractivity contribution in [2.24, 2.45) is 0 Å². The third kappa shape index (κ3) is 2.20. The van der Waals surface area contributed by atoms with Gasteiger partial charge in [-0.3, -0.25) is 0 Å². The van der Waals surface area contributed by atoms with Crippen molar-refractivity contribution in [3.8, 4) is 0 Å². The molecule has 1 aromatic rings. The zero-order chi connectivity index (χ0) is 12.6. The summed E-state index contributed by atoms with van der Waals surface area (Å²) in [6.45, 7) is 0.265. The first kappa shape index (κ1) is 11.8. The molecule has 0 aliphatic carbocycles. The van der Waals surface area contributed by atoms with E-state index < -0.39 is 17.8 Å².